The molecular formula is C19H17N3. The van der Waals surface area contributed by atoms with Crippen molar-refractivity contribution < 1.29 is 0 Å². The van der Waals surface area contributed by atoms with E-state index in [1.165, 1.54) is 0 Å². The first-order valence-electron chi connectivity index (χ1n) is 7.40. The van der Waals surface area contributed by atoms with Gasteiger partial charge in [-0.1, -0.05) is 36.3 Å². The minimum absolute atomic E-state index is 0.404. The number of aromatic nitrogens is 2. The highest BCUT2D eigenvalue weighted by Crippen LogP contribution is 2.44. The van der Waals surface area contributed by atoms with Crippen molar-refractivity contribution in [3.8, 4) is 29.8 Å². The lowest BCUT2D eigenvalue weighted by atomic mass is 9.74. The maximum atomic E-state index is 9.04. The summed E-state index contributed by atoms with van der Waals surface area (Å²) >= 11 is 0. The molecule has 0 radical (unpaired) electrons. The highest BCUT2D eigenvalue weighted by Gasteiger charge is 2.33. The van der Waals surface area contributed by atoms with E-state index in [4.69, 9.17) is 11.7 Å². The Hall–Kier alpha value is -2.78. The van der Waals surface area contributed by atoms with Gasteiger partial charge in [0, 0.05) is 24.0 Å². The third kappa shape index (κ3) is 2.43. The molecular weight excluding hydrogens is 270 g/mol. The number of imidazole rings is 1. The average molecular weight is 287 g/mol. The zero-order chi connectivity index (χ0) is 15.5. The van der Waals surface area contributed by atoms with Crippen LogP contribution in [0.2, 0.25) is 0 Å². The molecule has 1 aliphatic rings. The summed E-state index contributed by atoms with van der Waals surface area (Å²) in [6, 6.07) is 12.7. The molecule has 3 rings (SSSR count). The molecule has 3 nitrogen and oxygen atoms in total. The largest absolute Gasteiger partial charge is 0.328 e. The third-order valence-corrected chi connectivity index (χ3v) is 4.47. The first kappa shape index (κ1) is 14.2. The van der Waals surface area contributed by atoms with Crippen molar-refractivity contribution in [3.05, 3.63) is 53.9 Å². The molecule has 1 saturated carbocycles. The lowest BCUT2D eigenvalue weighted by molar-refractivity contribution is 0.232. The van der Waals surface area contributed by atoms with E-state index in [0.29, 0.717) is 17.5 Å². The standard InChI is InChI=1S/C19H17N3/c1-3-15(13-20)14(2)17-11-18(12-17)22-10-9-21-19(22)16-7-5-4-6-8-16/h1,4-10,17-18H,11-12H2,2H3/b15-14-. The summed E-state index contributed by atoms with van der Waals surface area (Å²) in [5.74, 6) is 3.89. The van der Waals surface area contributed by atoms with Gasteiger partial charge in [-0.3, -0.25) is 0 Å². The van der Waals surface area contributed by atoms with Crippen molar-refractivity contribution in [2.75, 3.05) is 0 Å². The van der Waals surface area contributed by atoms with Crippen molar-refractivity contribution in [2.45, 2.75) is 25.8 Å². The lowest BCUT2D eigenvalue weighted by Crippen LogP contribution is -2.28. The number of allylic oxidation sites excluding steroid dienone is 2. The average Bonchev–Trinajstić information content (AvgIpc) is 2.97. The van der Waals surface area contributed by atoms with Crippen molar-refractivity contribution in [1.29, 1.82) is 5.26 Å². The Kier molecular flexibility index (Phi) is 3.81. The fourth-order valence-electron chi connectivity index (χ4n) is 3.03. The number of terminal acetylenes is 1. The van der Waals surface area contributed by atoms with Gasteiger partial charge in [0.2, 0.25) is 0 Å². The van der Waals surface area contributed by atoms with Gasteiger partial charge in [0.15, 0.2) is 0 Å². The number of hydrogen-bond acceptors (Lipinski definition) is 2. The Labute approximate surface area is 130 Å². The Bertz CT molecular complexity index is 762. The number of benzene rings is 1. The van der Waals surface area contributed by atoms with Crippen LogP contribution in [0, 0.1) is 29.6 Å². The van der Waals surface area contributed by atoms with Crippen molar-refractivity contribution in [2.24, 2.45) is 5.92 Å². The van der Waals surface area contributed by atoms with Crippen molar-refractivity contribution >= 4 is 0 Å². The summed E-state index contributed by atoms with van der Waals surface area (Å²) in [5.41, 5.74) is 2.66. The summed E-state index contributed by atoms with van der Waals surface area (Å²) in [7, 11) is 0. The molecule has 0 aliphatic heterocycles. The van der Waals surface area contributed by atoms with E-state index >= 15 is 0 Å². The lowest BCUT2D eigenvalue weighted by Gasteiger charge is -2.37. The van der Waals surface area contributed by atoms with Gasteiger partial charge in [-0.15, -0.1) is 6.42 Å². The van der Waals surface area contributed by atoms with Crippen LogP contribution < -0.4 is 0 Å². The van der Waals surface area contributed by atoms with Crippen LogP contribution in [-0.2, 0) is 0 Å². The van der Waals surface area contributed by atoms with Crippen LogP contribution in [0.25, 0.3) is 11.4 Å². The molecule has 1 fully saturated rings. The van der Waals surface area contributed by atoms with E-state index in [1.54, 1.807) is 0 Å². The second kappa shape index (κ2) is 5.92. The number of hydrogen-bond donors (Lipinski definition) is 0. The monoisotopic (exact) mass is 287 g/mol. The predicted octanol–water partition coefficient (Wildman–Crippen LogP) is 3.97. The van der Waals surface area contributed by atoms with Crippen LogP contribution in [0.3, 0.4) is 0 Å². The van der Waals surface area contributed by atoms with Gasteiger partial charge in [0.05, 0.1) is 0 Å². The maximum absolute atomic E-state index is 9.04. The molecule has 0 unspecified atom stereocenters. The van der Waals surface area contributed by atoms with Crippen molar-refractivity contribution in [1.82, 2.24) is 9.55 Å². The molecule has 1 heterocycles. The predicted molar refractivity (Wildman–Crippen MR) is 86.6 cm³/mol. The molecule has 2 aromatic rings. The molecule has 108 valence electrons. The first-order valence-corrected chi connectivity index (χ1v) is 7.40. The van der Waals surface area contributed by atoms with Gasteiger partial charge < -0.3 is 4.57 Å². The molecule has 22 heavy (non-hydrogen) atoms. The van der Waals surface area contributed by atoms with E-state index in [0.717, 1.165) is 29.8 Å². The first-order chi connectivity index (χ1) is 10.7. The smallest absolute Gasteiger partial charge is 0.140 e. The van der Waals surface area contributed by atoms with Crippen LogP contribution in [0.1, 0.15) is 25.8 Å². The van der Waals surface area contributed by atoms with Gasteiger partial charge in [-0.2, -0.15) is 5.26 Å². The van der Waals surface area contributed by atoms with Crippen LogP contribution in [0.5, 0.6) is 0 Å². The molecule has 1 aromatic heterocycles. The Morgan fingerprint density at radius 1 is 1.32 bits per heavy atom. The fraction of sp³-hybridized carbons (Fsp3) is 0.263. The van der Waals surface area contributed by atoms with Crippen LogP contribution in [0.4, 0.5) is 0 Å². The molecule has 3 heteroatoms. The molecule has 0 saturated heterocycles. The third-order valence-electron chi connectivity index (χ3n) is 4.47. The van der Waals surface area contributed by atoms with Gasteiger partial charge >= 0.3 is 0 Å². The van der Waals surface area contributed by atoms with Gasteiger partial charge in [-0.05, 0) is 31.3 Å². The fourth-order valence-corrected chi connectivity index (χ4v) is 3.03. The van der Waals surface area contributed by atoms with E-state index in [-0.39, 0.29) is 0 Å². The van der Waals surface area contributed by atoms with E-state index in [1.807, 2.05) is 37.5 Å². The molecule has 0 N–H and O–H groups in total. The molecule has 0 amide bonds. The minimum Gasteiger partial charge on any atom is -0.328 e. The Balaban J connectivity index is 1.78. The van der Waals surface area contributed by atoms with Crippen molar-refractivity contribution in [3.63, 3.8) is 0 Å². The number of nitrogens with zero attached hydrogens (tertiary/aromatic N) is 3. The Morgan fingerprint density at radius 2 is 2.05 bits per heavy atom. The zero-order valence-corrected chi connectivity index (χ0v) is 12.5. The second-order valence-corrected chi connectivity index (χ2v) is 5.66. The summed E-state index contributed by atoms with van der Waals surface area (Å²) < 4.78 is 2.24. The van der Waals surface area contributed by atoms with E-state index < -0.39 is 0 Å². The minimum atomic E-state index is 0.404. The van der Waals surface area contributed by atoms with E-state index in [2.05, 4.69) is 33.7 Å². The van der Waals surface area contributed by atoms with Gasteiger partial charge in [0.25, 0.3) is 0 Å². The highest BCUT2D eigenvalue weighted by molar-refractivity contribution is 5.55. The maximum Gasteiger partial charge on any atom is 0.140 e. The quantitative estimate of drug-likeness (QED) is 0.633. The molecule has 0 atom stereocenters. The summed E-state index contributed by atoms with van der Waals surface area (Å²) in [6.45, 7) is 1.98. The SMILES string of the molecule is C#C/C(C#N)=C(\C)C1CC(n2ccnc2-c2ccccc2)C1. The summed E-state index contributed by atoms with van der Waals surface area (Å²) in [6.07, 6.45) is 11.3. The molecule has 1 aromatic carbocycles. The molecule has 0 spiro atoms. The number of nitriles is 1. The number of rotatable bonds is 3. The summed E-state index contributed by atoms with van der Waals surface area (Å²) in [5, 5.41) is 9.04. The Morgan fingerprint density at radius 3 is 2.68 bits per heavy atom. The second-order valence-electron chi connectivity index (χ2n) is 5.66. The highest BCUT2D eigenvalue weighted by atomic mass is 15.1. The zero-order valence-electron chi connectivity index (χ0n) is 12.5. The van der Waals surface area contributed by atoms with Gasteiger partial charge in [0.1, 0.15) is 17.5 Å². The van der Waals surface area contributed by atoms with Gasteiger partial charge in [-0.25, -0.2) is 4.98 Å². The topological polar surface area (TPSA) is 41.6 Å². The van der Waals surface area contributed by atoms with E-state index in [9.17, 15) is 0 Å². The van der Waals surface area contributed by atoms with Crippen LogP contribution in [-0.4, -0.2) is 9.55 Å². The van der Waals surface area contributed by atoms with Crippen LogP contribution in [0.15, 0.2) is 53.9 Å². The van der Waals surface area contributed by atoms with Crippen LogP contribution >= 0.6 is 0 Å². The summed E-state index contributed by atoms with van der Waals surface area (Å²) in [4.78, 5) is 4.49. The molecule has 1 aliphatic carbocycles. The normalized spacial score (nSPS) is 21.2. The molecule has 0 bridgehead atoms.